The molecule has 1 amide bonds. The van der Waals surface area contributed by atoms with Gasteiger partial charge >= 0.3 is 0 Å². The maximum absolute atomic E-state index is 13.4. The van der Waals surface area contributed by atoms with Gasteiger partial charge in [-0.25, -0.2) is 4.98 Å². The van der Waals surface area contributed by atoms with Crippen molar-refractivity contribution in [3.8, 4) is 5.75 Å². The molecule has 0 saturated heterocycles. The summed E-state index contributed by atoms with van der Waals surface area (Å²) in [6, 6.07) is 20.9. The number of halogens is 1. The van der Waals surface area contributed by atoms with Crippen LogP contribution in [0.2, 0.25) is 5.02 Å². The number of allylic oxidation sites excluding steroid dienone is 1. The number of nitrogens with zero attached hydrogens (tertiary/aromatic N) is 2. The largest absolute Gasteiger partial charge is 0.503 e. The molecular weight excluding hydrogens is 496 g/mol. The van der Waals surface area contributed by atoms with Crippen LogP contribution in [0.5, 0.6) is 5.75 Å². The first-order valence-corrected chi connectivity index (χ1v) is 12.5. The molecule has 4 aromatic rings. The fourth-order valence-corrected chi connectivity index (χ4v) is 5.37. The van der Waals surface area contributed by atoms with Gasteiger partial charge in [-0.15, -0.1) is 0 Å². The minimum absolute atomic E-state index is 0.00590. The summed E-state index contributed by atoms with van der Waals surface area (Å²) >= 11 is 7.41. The topological polar surface area (TPSA) is 79.7 Å². The van der Waals surface area contributed by atoms with Gasteiger partial charge in [-0.3, -0.25) is 14.5 Å². The molecule has 1 aliphatic heterocycles. The van der Waals surface area contributed by atoms with Gasteiger partial charge < -0.3 is 9.84 Å². The second-order valence-corrected chi connectivity index (χ2v) is 9.50. The molecule has 1 unspecified atom stereocenters. The van der Waals surface area contributed by atoms with Crippen LogP contribution < -0.4 is 9.64 Å². The third-order valence-corrected chi connectivity index (χ3v) is 7.00. The van der Waals surface area contributed by atoms with Gasteiger partial charge in [-0.2, -0.15) is 0 Å². The van der Waals surface area contributed by atoms with Crippen molar-refractivity contribution in [3.63, 3.8) is 0 Å². The van der Waals surface area contributed by atoms with Crippen LogP contribution in [-0.4, -0.2) is 28.4 Å². The molecule has 0 radical (unpaired) electrons. The number of anilines is 1. The summed E-state index contributed by atoms with van der Waals surface area (Å²) < 4.78 is 6.34. The number of rotatable bonds is 7. The fraction of sp³-hybridized carbons (Fsp3) is 0.107. The van der Waals surface area contributed by atoms with Crippen LogP contribution >= 0.6 is 22.9 Å². The Hall–Kier alpha value is -3.94. The van der Waals surface area contributed by atoms with E-state index in [4.69, 9.17) is 16.3 Å². The molecule has 6 nitrogen and oxygen atoms in total. The van der Waals surface area contributed by atoms with Crippen LogP contribution in [0, 0.1) is 0 Å². The van der Waals surface area contributed by atoms with Crippen molar-refractivity contribution in [2.75, 3.05) is 11.5 Å². The summed E-state index contributed by atoms with van der Waals surface area (Å²) in [6.07, 6.45) is 3.03. The molecule has 1 aromatic heterocycles. The Balaban J connectivity index is 1.59. The summed E-state index contributed by atoms with van der Waals surface area (Å²) in [4.78, 5) is 32.7. The van der Waals surface area contributed by atoms with Crippen molar-refractivity contribution in [1.29, 1.82) is 0 Å². The Morgan fingerprint density at radius 1 is 1.14 bits per heavy atom. The Kier molecular flexibility index (Phi) is 6.59. The Bertz CT molecular complexity index is 1510. The van der Waals surface area contributed by atoms with Gasteiger partial charge in [-0.1, -0.05) is 71.5 Å². The zero-order valence-electron chi connectivity index (χ0n) is 19.2. The summed E-state index contributed by atoms with van der Waals surface area (Å²) in [5.74, 6) is -1.07. The average molecular weight is 517 g/mol. The molecule has 0 spiro atoms. The fourth-order valence-electron chi connectivity index (χ4n) is 4.10. The predicted molar refractivity (Wildman–Crippen MR) is 143 cm³/mol. The van der Waals surface area contributed by atoms with Crippen LogP contribution in [-0.2, 0) is 9.59 Å². The van der Waals surface area contributed by atoms with Crippen molar-refractivity contribution in [2.24, 2.45) is 0 Å². The lowest BCUT2D eigenvalue weighted by Crippen LogP contribution is -2.30. The number of thiazole rings is 1. The normalized spacial score (nSPS) is 15.9. The molecule has 0 bridgehead atoms. The molecular formula is C28H21ClN2O4S. The highest BCUT2D eigenvalue weighted by Gasteiger charge is 2.45. The smallest absolute Gasteiger partial charge is 0.296 e. The van der Waals surface area contributed by atoms with Crippen molar-refractivity contribution >= 4 is 56.1 Å². The van der Waals surface area contributed by atoms with E-state index in [1.807, 2.05) is 37.3 Å². The number of aromatic nitrogens is 1. The van der Waals surface area contributed by atoms with Crippen LogP contribution in [0.1, 0.15) is 24.1 Å². The maximum Gasteiger partial charge on any atom is 0.296 e. The molecule has 1 atom stereocenters. The number of hydrogen-bond acceptors (Lipinski definition) is 6. The maximum atomic E-state index is 13.4. The van der Waals surface area contributed by atoms with Gasteiger partial charge in [0.2, 0.25) is 0 Å². The van der Waals surface area contributed by atoms with E-state index in [2.05, 4.69) is 4.98 Å². The molecule has 2 heterocycles. The first-order chi connectivity index (χ1) is 17.5. The minimum atomic E-state index is -0.864. The van der Waals surface area contributed by atoms with E-state index >= 15 is 0 Å². The molecule has 0 fully saturated rings. The number of fused-ring (bicyclic) bond motifs is 1. The van der Waals surface area contributed by atoms with Crippen LogP contribution in [0.3, 0.4) is 0 Å². The van der Waals surface area contributed by atoms with E-state index in [0.717, 1.165) is 10.3 Å². The van der Waals surface area contributed by atoms with Crippen molar-refractivity contribution in [3.05, 3.63) is 106 Å². The molecule has 8 heteroatoms. The van der Waals surface area contributed by atoms with E-state index in [1.54, 1.807) is 48.5 Å². The molecule has 1 aliphatic rings. The summed E-state index contributed by atoms with van der Waals surface area (Å²) in [6.45, 7) is 2.40. The minimum Gasteiger partial charge on any atom is -0.503 e. The van der Waals surface area contributed by atoms with Crippen LogP contribution in [0.15, 0.2) is 90.2 Å². The summed E-state index contributed by atoms with van der Waals surface area (Å²) in [5.41, 5.74) is 2.13. The van der Waals surface area contributed by atoms with E-state index < -0.39 is 23.5 Å². The monoisotopic (exact) mass is 516 g/mol. The number of carbonyl (C=O) groups is 2. The van der Waals surface area contributed by atoms with Crippen LogP contribution in [0.4, 0.5) is 5.13 Å². The number of amides is 1. The molecule has 36 heavy (non-hydrogen) atoms. The van der Waals surface area contributed by atoms with Gasteiger partial charge in [0.25, 0.3) is 5.91 Å². The number of hydrogen-bond donors (Lipinski definition) is 1. The van der Waals surface area contributed by atoms with Gasteiger partial charge in [0.15, 0.2) is 16.7 Å². The number of aliphatic hydroxyl groups excluding tert-OH is 1. The summed E-state index contributed by atoms with van der Waals surface area (Å²) in [5, 5.41) is 11.8. The summed E-state index contributed by atoms with van der Waals surface area (Å²) in [7, 11) is 0. The van der Waals surface area contributed by atoms with Crippen molar-refractivity contribution in [1.82, 2.24) is 4.98 Å². The molecule has 180 valence electrons. The molecule has 3 aromatic carbocycles. The lowest BCUT2D eigenvalue weighted by molar-refractivity contribution is -0.117. The zero-order chi connectivity index (χ0) is 25.2. The quantitative estimate of drug-likeness (QED) is 0.282. The predicted octanol–water partition coefficient (Wildman–Crippen LogP) is 6.53. The molecule has 0 saturated carbocycles. The van der Waals surface area contributed by atoms with E-state index in [0.29, 0.717) is 33.6 Å². The highest BCUT2D eigenvalue weighted by atomic mass is 35.5. The zero-order valence-corrected chi connectivity index (χ0v) is 20.8. The number of carbonyl (C=O) groups excluding carboxylic acids is 2. The highest BCUT2D eigenvalue weighted by Crippen LogP contribution is 2.44. The highest BCUT2D eigenvalue weighted by molar-refractivity contribution is 7.22. The average Bonchev–Trinajstić information content (AvgIpc) is 3.41. The SMILES string of the molecule is CCOc1ccc(C2C(C(=O)/C=C/c3ccccc3)=C(O)C(=O)N2c2nc3ccc(Cl)cc3s2)cc1. The first-order valence-electron chi connectivity index (χ1n) is 11.3. The molecule has 0 aliphatic carbocycles. The lowest BCUT2D eigenvalue weighted by Gasteiger charge is -2.24. The molecule has 5 rings (SSSR count). The first kappa shape index (κ1) is 23.8. The van der Waals surface area contributed by atoms with E-state index in [9.17, 15) is 14.7 Å². The van der Waals surface area contributed by atoms with Gasteiger partial charge in [0.1, 0.15) is 5.75 Å². The standard InChI is InChI=1S/C28H21ClN2O4S/c1-2-35-20-12-9-18(10-13-20)25-24(22(32)15-8-17-6-4-3-5-7-17)26(33)27(34)31(25)28-30-21-14-11-19(29)16-23(21)36-28/h3-16,25,33H,2H2,1H3/b15-8+. The third kappa shape index (κ3) is 4.51. The van der Waals surface area contributed by atoms with Gasteiger partial charge in [-0.05, 0) is 54.5 Å². The molecule has 1 N–H and O–H groups in total. The number of aliphatic hydroxyl groups is 1. The number of ketones is 1. The Labute approximate surface area is 216 Å². The lowest BCUT2D eigenvalue weighted by atomic mass is 9.95. The number of benzene rings is 3. The van der Waals surface area contributed by atoms with Crippen molar-refractivity contribution < 1.29 is 19.4 Å². The Morgan fingerprint density at radius 2 is 1.89 bits per heavy atom. The van der Waals surface area contributed by atoms with Crippen LogP contribution in [0.25, 0.3) is 16.3 Å². The van der Waals surface area contributed by atoms with E-state index in [1.165, 1.54) is 22.3 Å². The second kappa shape index (κ2) is 9.97. The van der Waals surface area contributed by atoms with Crippen molar-refractivity contribution in [2.45, 2.75) is 13.0 Å². The Morgan fingerprint density at radius 3 is 2.61 bits per heavy atom. The number of ether oxygens (including phenoxy) is 1. The van der Waals surface area contributed by atoms with E-state index in [-0.39, 0.29) is 5.57 Å². The van der Waals surface area contributed by atoms with Gasteiger partial charge in [0.05, 0.1) is 28.4 Å². The van der Waals surface area contributed by atoms with Gasteiger partial charge in [0, 0.05) is 5.02 Å². The second-order valence-electron chi connectivity index (χ2n) is 8.06. The third-order valence-electron chi connectivity index (χ3n) is 5.75.